The summed E-state index contributed by atoms with van der Waals surface area (Å²) in [6, 6.07) is 16.1. The first-order chi connectivity index (χ1) is 13.8. The minimum Gasteiger partial charge on any atom is -0.383 e. The Morgan fingerprint density at radius 1 is 1.07 bits per heavy atom. The molecule has 2 aromatic carbocycles. The number of alkyl halides is 3. The van der Waals surface area contributed by atoms with Crippen molar-refractivity contribution >= 4 is 11.4 Å². The second kappa shape index (κ2) is 7.68. The summed E-state index contributed by atoms with van der Waals surface area (Å²) in [6.45, 7) is 5.41. The van der Waals surface area contributed by atoms with Crippen LogP contribution in [0.4, 0.5) is 24.5 Å². The predicted octanol–water partition coefficient (Wildman–Crippen LogP) is 4.01. The fourth-order valence-corrected chi connectivity index (χ4v) is 3.60. The van der Waals surface area contributed by atoms with Gasteiger partial charge in [0.1, 0.15) is 17.5 Å². The summed E-state index contributed by atoms with van der Waals surface area (Å²) in [5.74, 6) is -0.274. The van der Waals surface area contributed by atoms with Gasteiger partial charge in [0, 0.05) is 18.8 Å². The molecule has 1 aliphatic heterocycles. The number of nitrogens with one attached hydrogen (secondary N) is 1. The van der Waals surface area contributed by atoms with Crippen LogP contribution in [0.15, 0.2) is 66.0 Å². The van der Waals surface area contributed by atoms with E-state index in [2.05, 4.69) is 5.43 Å². The topological polar surface area (TPSA) is 68.3 Å². The minimum absolute atomic E-state index is 0.0983. The van der Waals surface area contributed by atoms with Crippen molar-refractivity contribution in [3.63, 3.8) is 0 Å². The third-order valence-corrected chi connectivity index (χ3v) is 5.13. The molecule has 1 atom stereocenters. The smallest absolute Gasteiger partial charge is 0.383 e. The van der Waals surface area contributed by atoms with Crippen LogP contribution < -0.4 is 21.1 Å². The zero-order chi connectivity index (χ0) is 21.2. The molecule has 0 fully saturated rings. The molecule has 0 radical (unpaired) electrons. The van der Waals surface area contributed by atoms with Crippen molar-refractivity contribution in [2.45, 2.75) is 25.6 Å². The van der Waals surface area contributed by atoms with Gasteiger partial charge in [-0.25, -0.2) is 5.43 Å². The van der Waals surface area contributed by atoms with Crippen LogP contribution in [0.1, 0.15) is 19.4 Å². The molecular formula is C21H22F3N5. The number of hydrazine groups is 1. The molecule has 0 aromatic heterocycles. The highest BCUT2D eigenvalue weighted by atomic mass is 19.4. The zero-order valence-electron chi connectivity index (χ0n) is 16.2. The Morgan fingerprint density at radius 2 is 1.66 bits per heavy atom. The number of benzene rings is 2. The molecule has 0 amide bonds. The molecule has 29 heavy (non-hydrogen) atoms. The molecule has 1 heterocycles. The van der Waals surface area contributed by atoms with Crippen LogP contribution >= 0.6 is 0 Å². The first-order valence-electron chi connectivity index (χ1n) is 9.25. The number of halogens is 3. The van der Waals surface area contributed by atoms with E-state index in [9.17, 15) is 18.4 Å². The van der Waals surface area contributed by atoms with Gasteiger partial charge >= 0.3 is 6.18 Å². The van der Waals surface area contributed by atoms with Crippen molar-refractivity contribution in [1.29, 1.82) is 5.26 Å². The van der Waals surface area contributed by atoms with Crippen molar-refractivity contribution in [3.05, 3.63) is 71.6 Å². The van der Waals surface area contributed by atoms with E-state index in [-0.39, 0.29) is 11.4 Å². The van der Waals surface area contributed by atoms with Gasteiger partial charge in [0.25, 0.3) is 0 Å². The van der Waals surface area contributed by atoms with Gasteiger partial charge in [-0.05, 0) is 43.7 Å². The van der Waals surface area contributed by atoms with Crippen LogP contribution in [0.2, 0.25) is 0 Å². The Balaban J connectivity index is 2.14. The highest BCUT2D eigenvalue weighted by molar-refractivity contribution is 5.62. The Morgan fingerprint density at radius 3 is 2.14 bits per heavy atom. The normalized spacial score (nSPS) is 19.4. The second-order valence-corrected chi connectivity index (χ2v) is 6.62. The van der Waals surface area contributed by atoms with E-state index in [1.807, 2.05) is 18.7 Å². The van der Waals surface area contributed by atoms with Crippen LogP contribution in [-0.4, -0.2) is 19.3 Å². The lowest BCUT2D eigenvalue weighted by Gasteiger charge is -2.34. The maximum absolute atomic E-state index is 14.5. The number of nitrogens with zero attached hydrogens (tertiary/aromatic N) is 3. The quantitative estimate of drug-likeness (QED) is 0.792. The van der Waals surface area contributed by atoms with Gasteiger partial charge < -0.3 is 10.6 Å². The van der Waals surface area contributed by atoms with Gasteiger partial charge in [-0.3, -0.25) is 5.01 Å². The summed E-state index contributed by atoms with van der Waals surface area (Å²) in [5.41, 5.74) is 6.29. The van der Waals surface area contributed by atoms with E-state index in [4.69, 9.17) is 5.73 Å². The van der Waals surface area contributed by atoms with Crippen LogP contribution in [0.25, 0.3) is 0 Å². The van der Waals surface area contributed by atoms with Gasteiger partial charge in [-0.1, -0.05) is 30.3 Å². The first kappa shape index (κ1) is 20.6. The molecule has 0 aliphatic carbocycles. The zero-order valence-corrected chi connectivity index (χ0v) is 16.2. The lowest BCUT2D eigenvalue weighted by atomic mass is 9.83. The Bertz CT molecular complexity index is 928. The number of rotatable bonds is 5. The standard InChI is InChI=1S/C21H22F3N5/c1-3-28(4-2)16-12-10-15(11-13-16)20(21(22,23)24)18(14-25)19(26)29(27-20)17-8-6-5-7-9-17/h5-13,27H,3-4,26H2,1-2H3. The summed E-state index contributed by atoms with van der Waals surface area (Å²) in [4.78, 5) is 2.03. The van der Waals surface area contributed by atoms with Crippen molar-refractivity contribution in [2.75, 3.05) is 23.0 Å². The van der Waals surface area contributed by atoms with E-state index in [1.54, 1.807) is 48.5 Å². The predicted molar refractivity (Wildman–Crippen MR) is 107 cm³/mol. The third kappa shape index (κ3) is 3.28. The van der Waals surface area contributed by atoms with E-state index < -0.39 is 17.3 Å². The Hall–Kier alpha value is -3.18. The highest BCUT2D eigenvalue weighted by Gasteiger charge is 2.64. The number of para-hydroxylation sites is 1. The summed E-state index contributed by atoms with van der Waals surface area (Å²) in [7, 11) is 0. The maximum atomic E-state index is 14.5. The van der Waals surface area contributed by atoms with E-state index in [0.717, 1.165) is 23.8 Å². The van der Waals surface area contributed by atoms with E-state index in [0.29, 0.717) is 5.69 Å². The summed E-state index contributed by atoms with van der Waals surface area (Å²) in [6.07, 6.45) is -4.80. The van der Waals surface area contributed by atoms with Gasteiger partial charge in [0.05, 0.1) is 5.69 Å². The molecule has 5 nitrogen and oxygen atoms in total. The summed E-state index contributed by atoms with van der Waals surface area (Å²) >= 11 is 0. The van der Waals surface area contributed by atoms with Crippen LogP contribution in [0.3, 0.4) is 0 Å². The maximum Gasteiger partial charge on any atom is 0.417 e. The lowest BCUT2D eigenvalue weighted by molar-refractivity contribution is -0.185. The molecule has 2 aromatic rings. The first-order valence-corrected chi connectivity index (χ1v) is 9.25. The Kier molecular flexibility index (Phi) is 5.44. The SMILES string of the molecule is CCN(CC)c1ccc(C2(C(F)(F)F)NN(c3ccccc3)C(N)=C2C#N)cc1. The molecule has 3 rings (SSSR count). The van der Waals surface area contributed by atoms with Crippen LogP contribution in [0, 0.1) is 11.3 Å². The number of hydrogen-bond donors (Lipinski definition) is 2. The number of nitrogens with two attached hydrogens (primary N) is 1. The Labute approximate surface area is 167 Å². The molecule has 0 bridgehead atoms. The van der Waals surface area contributed by atoms with Gasteiger partial charge in [-0.2, -0.15) is 18.4 Å². The molecule has 0 saturated heterocycles. The van der Waals surface area contributed by atoms with Crippen molar-refractivity contribution in [3.8, 4) is 6.07 Å². The molecule has 0 saturated carbocycles. The van der Waals surface area contributed by atoms with Crippen LogP contribution in [0.5, 0.6) is 0 Å². The molecule has 1 unspecified atom stereocenters. The van der Waals surface area contributed by atoms with Crippen molar-refractivity contribution in [2.24, 2.45) is 5.73 Å². The molecule has 0 spiro atoms. The van der Waals surface area contributed by atoms with E-state index >= 15 is 0 Å². The van der Waals surface area contributed by atoms with Gasteiger partial charge in [0.2, 0.25) is 0 Å². The summed E-state index contributed by atoms with van der Waals surface area (Å²) in [5, 5.41) is 10.7. The number of nitriles is 1. The van der Waals surface area contributed by atoms with Gasteiger partial charge in [0.15, 0.2) is 5.54 Å². The molecule has 152 valence electrons. The van der Waals surface area contributed by atoms with E-state index in [1.165, 1.54) is 12.1 Å². The average Bonchev–Trinajstić information content (AvgIpc) is 3.03. The van der Waals surface area contributed by atoms with Crippen molar-refractivity contribution < 1.29 is 13.2 Å². The molecule has 1 aliphatic rings. The third-order valence-electron chi connectivity index (χ3n) is 5.13. The molecular weight excluding hydrogens is 379 g/mol. The van der Waals surface area contributed by atoms with Crippen molar-refractivity contribution in [1.82, 2.24) is 5.43 Å². The summed E-state index contributed by atoms with van der Waals surface area (Å²) < 4.78 is 43.4. The second-order valence-electron chi connectivity index (χ2n) is 6.62. The fraction of sp³-hybridized carbons (Fsp3) is 0.286. The number of anilines is 2. The molecule has 8 heteroatoms. The lowest BCUT2D eigenvalue weighted by Crippen LogP contribution is -2.56. The largest absolute Gasteiger partial charge is 0.417 e. The monoisotopic (exact) mass is 401 g/mol. The highest BCUT2D eigenvalue weighted by Crippen LogP contribution is 2.49. The number of hydrogen-bond acceptors (Lipinski definition) is 5. The average molecular weight is 401 g/mol. The van der Waals surface area contributed by atoms with Crippen LogP contribution in [-0.2, 0) is 5.54 Å². The van der Waals surface area contributed by atoms with Gasteiger partial charge in [-0.15, -0.1) is 0 Å². The minimum atomic E-state index is -4.80. The molecule has 3 N–H and O–H groups in total. The fourth-order valence-electron chi connectivity index (χ4n) is 3.60.